The van der Waals surface area contributed by atoms with E-state index in [2.05, 4.69) is 42.1 Å². The first-order chi connectivity index (χ1) is 18.0. The lowest BCUT2D eigenvalue weighted by Crippen LogP contribution is -2.25. The molecule has 1 aliphatic rings. The van der Waals surface area contributed by atoms with Gasteiger partial charge in [0.15, 0.2) is 0 Å². The van der Waals surface area contributed by atoms with Gasteiger partial charge in [0.05, 0.1) is 30.0 Å². The van der Waals surface area contributed by atoms with Crippen LogP contribution < -0.4 is 9.47 Å². The molecule has 38 heavy (non-hydrogen) atoms. The van der Waals surface area contributed by atoms with Crippen molar-refractivity contribution in [3.63, 3.8) is 0 Å². The van der Waals surface area contributed by atoms with Crippen LogP contribution in [0.4, 0.5) is 5.82 Å². The minimum atomic E-state index is -0.934. The Hall–Kier alpha value is -3.78. The Kier molecular flexibility index (Phi) is 7.83. The van der Waals surface area contributed by atoms with Gasteiger partial charge in [-0.25, -0.2) is 0 Å². The van der Waals surface area contributed by atoms with E-state index >= 15 is 0 Å². The first-order valence-electron chi connectivity index (χ1n) is 11.1. The number of rotatable bonds is 7. The molecule has 0 spiro atoms. The van der Waals surface area contributed by atoms with Crippen LogP contribution in [0.25, 0.3) is 0 Å². The fraction of sp³-hybridized carbons (Fsp3) is 0.250. The molecule has 0 unspecified atom stereocenters. The van der Waals surface area contributed by atoms with Crippen LogP contribution in [-0.4, -0.2) is 44.6 Å². The Bertz CT molecular complexity index is 1490. The van der Waals surface area contributed by atoms with Gasteiger partial charge in [-0.15, -0.1) is 5.10 Å². The number of esters is 1. The molecule has 0 fully saturated rings. The summed E-state index contributed by atoms with van der Waals surface area (Å²) in [6.45, 7) is 4.49. The number of aromatic nitrogens is 2. The number of carbonyl (C=O) groups excluding carboxylic acids is 2. The Morgan fingerprint density at radius 1 is 1.16 bits per heavy atom. The van der Waals surface area contributed by atoms with Crippen molar-refractivity contribution >= 4 is 55.5 Å². The molecule has 0 radical (unpaired) electrons. The average Bonchev–Trinajstić information content (AvgIpc) is 3.43. The fourth-order valence-electron chi connectivity index (χ4n) is 3.82. The Morgan fingerprint density at radius 3 is 2.47 bits per heavy atom. The zero-order valence-corrected chi connectivity index (χ0v) is 23.8. The lowest BCUT2D eigenvalue weighted by Gasteiger charge is -2.21. The van der Waals surface area contributed by atoms with Gasteiger partial charge >= 0.3 is 11.8 Å². The third-order valence-electron chi connectivity index (χ3n) is 5.59. The number of amides is 1. The van der Waals surface area contributed by atoms with E-state index in [1.807, 2.05) is 0 Å². The summed E-state index contributed by atoms with van der Waals surface area (Å²) in [5.74, 6) is -0.375. The average molecular weight is 651 g/mol. The van der Waals surface area contributed by atoms with Gasteiger partial charge in [0.2, 0.25) is 18.0 Å². The number of nitrogens with zero attached hydrogens (tertiary/aromatic N) is 5. The second-order valence-electron chi connectivity index (χ2n) is 8.18. The summed E-state index contributed by atoms with van der Waals surface area (Å²) in [5, 5.41) is 21.0. The minimum absolute atomic E-state index is 0.0857. The van der Waals surface area contributed by atoms with E-state index in [1.54, 1.807) is 43.3 Å². The van der Waals surface area contributed by atoms with E-state index < -0.39 is 17.1 Å². The molecule has 1 aliphatic heterocycles. The summed E-state index contributed by atoms with van der Waals surface area (Å²) in [7, 11) is 1.51. The Balaban J connectivity index is 1.72. The maximum absolute atomic E-state index is 12.5. The Morgan fingerprint density at radius 2 is 1.87 bits per heavy atom. The highest BCUT2D eigenvalue weighted by molar-refractivity contribution is 9.10. The molecule has 1 atom stereocenters. The molecule has 0 aliphatic carbocycles. The van der Waals surface area contributed by atoms with E-state index in [1.165, 1.54) is 30.6 Å². The second kappa shape index (κ2) is 10.9. The molecular weight excluding hydrogens is 630 g/mol. The van der Waals surface area contributed by atoms with Crippen molar-refractivity contribution in [3.8, 4) is 11.5 Å². The number of nitro groups is 1. The number of halogens is 2. The van der Waals surface area contributed by atoms with Crippen LogP contribution in [0.2, 0.25) is 0 Å². The van der Waals surface area contributed by atoms with E-state index in [-0.39, 0.29) is 34.4 Å². The van der Waals surface area contributed by atoms with Crippen molar-refractivity contribution in [1.29, 1.82) is 0 Å². The molecule has 1 aromatic heterocycles. The van der Waals surface area contributed by atoms with Crippen LogP contribution in [0.5, 0.6) is 11.5 Å². The van der Waals surface area contributed by atoms with Gasteiger partial charge in [-0.1, -0.05) is 15.9 Å². The molecule has 0 N–H and O–H groups in total. The van der Waals surface area contributed by atoms with Crippen LogP contribution in [0.15, 0.2) is 50.4 Å². The summed E-state index contributed by atoms with van der Waals surface area (Å²) < 4.78 is 19.4. The topological polar surface area (TPSA) is 138 Å². The van der Waals surface area contributed by atoms with Gasteiger partial charge in [0, 0.05) is 29.4 Å². The molecule has 198 valence electrons. The summed E-state index contributed by atoms with van der Waals surface area (Å²) >= 11 is 6.62. The molecule has 0 bridgehead atoms. The maximum atomic E-state index is 12.5. The molecule has 0 saturated heterocycles. The monoisotopic (exact) mass is 649 g/mol. The van der Waals surface area contributed by atoms with Crippen molar-refractivity contribution in [2.75, 3.05) is 7.11 Å². The Labute approximate surface area is 233 Å². The minimum Gasteiger partial charge on any atom is -0.496 e. The standard InChI is InChI=1S/C24H21Br2N5O7/c1-12-21(26)22(31(34)35)27-29(12)11-16-9-15(5-7-19(16)36-4)24-30(13(2)32)28-23(38-24)18-10-17(25)6-8-20(18)37-14(3)33/h5-10,24H,11H2,1-4H3/t24-/m0/s1. The summed E-state index contributed by atoms with van der Waals surface area (Å²) in [4.78, 5) is 34.9. The fourth-order valence-corrected chi connectivity index (χ4v) is 4.61. The number of methoxy groups -OCH3 is 1. The normalized spacial score (nSPS) is 14.6. The number of hydrazone groups is 1. The second-order valence-corrected chi connectivity index (χ2v) is 9.89. The predicted molar refractivity (Wildman–Crippen MR) is 142 cm³/mol. The van der Waals surface area contributed by atoms with Crippen molar-refractivity contribution < 1.29 is 28.7 Å². The first kappa shape index (κ1) is 27.3. The highest BCUT2D eigenvalue weighted by Crippen LogP contribution is 2.36. The zero-order chi connectivity index (χ0) is 27.7. The highest BCUT2D eigenvalue weighted by atomic mass is 79.9. The van der Waals surface area contributed by atoms with Gasteiger partial charge in [-0.3, -0.25) is 9.59 Å². The van der Waals surface area contributed by atoms with Gasteiger partial charge in [-0.2, -0.15) is 9.69 Å². The third-order valence-corrected chi connectivity index (χ3v) is 7.01. The largest absolute Gasteiger partial charge is 0.496 e. The van der Waals surface area contributed by atoms with Gasteiger partial charge < -0.3 is 24.3 Å². The maximum Gasteiger partial charge on any atom is 0.404 e. The predicted octanol–water partition coefficient (Wildman–Crippen LogP) is 4.85. The van der Waals surface area contributed by atoms with Crippen LogP contribution in [0.3, 0.4) is 0 Å². The zero-order valence-electron chi connectivity index (χ0n) is 20.6. The molecule has 0 saturated carbocycles. The molecular formula is C24H21Br2N5O7. The van der Waals surface area contributed by atoms with Crippen LogP contribution in [-0.2, 0) is 20.9 Å². The molecule has 2 aromatic carbocycles. The quantitative estimate of drug-likeness (QED) is 0.153. The number of hydrogen-bond acceptors (Lipinski definition) is 9. The number of hydrogen-bond donors (Lipinski definition) is 0. The van der Waals surface area contributed by atoms with Crippen molar-refractivity contribution in [2.24, 2.45) is 5.10 Å². The van der Waals surface area contributed by atoms with Crippen molar-refractivity contribution in [2.45, 2.75) is 33.5 Å². The molecule has 2 heterocycles. The lowest BCUT2D eigenvalue weighted by atomic mass is 10.1. The summed E-state index contributed by atoms with van der Waals surface area (Å²) in [6.07, 6.45) is -0.934. The number of ether oxygens (including phenoxy) is 3. The van der Waals surface area contributed by atoms with Gasteiger partial charge in [-0.05, 0) is 64.2 Å². The van der Waals surface area contributed by atoms with Crippen LogP contribution >= 0.6 is 31.9 Å². The van der Waals surface area contributed by atoms with E-state index in [4.69, 9.17) is 14.2 Å². The van der Waals surface area contributed by atoms with E-state index in [9.17, 15) is 19.7 Å². The lowest BCUT2D eigenvalue weighted by molar-refractivity contribution is -0.390. The number of carbonyl (C=O) groups is 2. The van der Waals surface area contributed by atoms with Gasteiger partial charge in [0.1, 0.15) is 16.0 Å². The molecule has 3 aromatic rings. The summed E-state index contributed by atoms with van der Waals surface area (Å²) in [5.41, 5.74) is 2.14. The molecule has 12 nitrogen and oxygen atoms in total. The molecule has 4 rings (SSSR count). The van der Waals surface area contributed by atoms with E-state index in [0.29, 0.717) is 32.6 Å². The van der Waals surface area contributed by atoms with E-state index in [0.717, 1.165) is 0 Å². The highest BCUT2D eigenvalue weighted by Gasteiger charge is 2.35. The van der Waals surface area contributed by atoms with Crippen molar-refractivity contribution in [3.05, 3.63) is 77.8 Å². The third kappa shape index (κ3) is 5.41. The van der Waals surface area contributed by atoms with Gasteiger partial charge in [0.25, 0.3) is 0 Å². The summed E-state index contributed by atoms with van der Waals surface area (Å²) in [6, 6.07) is 10.1. The van der Waals surface area contributed by atoms with Crippen molar-refractivity contribution in [1.82, 2.24) is 14.8 Å². The van der Waals surface area contributed by atoms with Crippen LogP contribution in [0.1, 0.15) is 42.5 Å². The van der Waals surface area contributed by atoms with Crippen LogP contribution in [0, 0.1) is 17.0 Å². The molecule has 1 amide bonds. The molecule has 14 heteroatoms. The first-order valence-corrected chi connectivity index (χ1v) is 12.7. The number of benzene rings is 2. The SMILES string of the molecule is COc1ccc([C@@H]2OC(c3cc(Br)ccc3OC(C)=O)=NN2C(C)=O)cc1Cn1nc([N+](=O)[O-])c(Br)c1C. The smallest absolute Gasteiger partial charge is 0.404 e.